The van der Waals surface area contributed by atoms with Gasteiger partial charge in [-0.05, 0) is 31.4 Å². The van der Waals surface area contributed by atoms with Gasteiger partial charge in [0.25, 0.3) is 5.56 Å². The van der Waals surface area contributed by atoms with Gasteiger partial charge in [-0.25, -0.2) is 4.98 Å². The Labute approximate surface area is 160 Å². The minimum atomic E-state index is -0.0894. The van der Waals surface area contributed by atoms with Gasteiger partial charge in [-0.15, -0.1) is 0 Å². The number of piperazine rings is 1. The van der Waals surface area contributed by atoms with Crippen LogP contribution >= 0.6 is 0 Å². The van der Waals surface area contributed by atoms with Crippen molar-refractivity contribution in [3.8, 4) is 0 Å². The second kappa shape index (κ2) is 8.39. The number of rotatable bonds is 6. The van der Waals surface area contributed by atoms with Crippen molar-refractivity contribution in [2.24, 2.45) is 5.92 Å². The minimum Gasteiger partial charge on any atom is -0.368 e. The average Bonchev–Trinajstić information content (AvgIpc) is 2.71. The largest absolute Gasteiger partial charge is 0.368 e. The maximum atomic E-state index is 12.7. The lowest BCUT2D eigenvalue weighted by Gasteiger charge is -2.29. The Bertz CT molecular complexity index is 895. The van der Waals surface area contributed by atoms with Gasteiger partial charge in [0.1, 0.15) is 11.5 Å². The first-order chi connectivity index (χ1) is 13.0. The van der Waals surface area contributed by atoms with Gasteiger partial charge in [-0.1, -0.05) is 26.0 Å². The predicted octanol–water partition coefficient (Wildman–Crippen LogP) is 3.00. The van der Waals surface area contributed by atoms with Crippen molar-refractivity contribution in [2.45, 2.75) is 27.2 Å². The Morgan fingerprint density at radius 3 is 2.81 bits per heavy atom. The van der Waals surface area contributed by atoms with Crippen molar-refractivity contribution in [1.29, 1.82) is 0 Å². The van der Waals surface area contributed by atoms with Crippen LogP contribution in [0.2, 0.25) is 0 Å². The van der Waals surface area contributed by atoms with E-state index in [1.165, 1.54) is 5.57 Å². The second-order valence-electron chi connectivity index (χ2n) is 7.08. The average molecular weight is 367 g/mol. The lowest BCUT2D eigenvalue weighted by Crippen LogP contribution is -2.43. The second-order valence-corrected chi connectivity index (χ2v) is 7.08. The molecule has 2 aromatic rings. The van der Waals surface area contributed by atoms with E-state index in [1.54, 1.807) is 16.7 Å². The first-order valence-electron chi connectivity index (χ1n) is 9.61. The fourth-order valence-corrected chi connectivity index (χ4v) is 3.20. The summed E-state index contributed by atoms with van der Waals surface area (Å²) < 4.78 is 1.62. The van der Waals surface area contributed by atoms with Gasteiger partial charge in [0.05, 0.1) is 5.69 Å². The van der Waals surface area contributed by atoms with Crippen LogP contribution < -0.4 is 20.7 Å². The number of hydrogen-bond acceptors (Lipinski definition) is 5. The summed E-state index contributed by atoms with van der Waals surface area (Å²) in [6.45, 7) is 14.1. The van der Waals surface area contributed by atoms with Crippen molar-refractivity contribution < 1.29 is 0 Å². The summed E-state index contributed by atoms with van der Waals surface area (Å²) >= 11 is 0. The van der Waals surface area contributed by atoms with E-state index in [0.717, 1.165) is 38.3 Å². The highest BCUT2D eigenvalue weighted by atomic mass is 16.1. The highest BCUT2D eigenvalue weighted by molar-refractivity contribution is 5.56. The number of aromatic nitrogens is 2. The maximum Gasteiger partial charge on any atom is 0.260 e. The Morgan fingerprint density at radius 2 is 2.15 bits per heavy atom. The zero-order valence-electron chi connectivity index (χ0n) is 16.5. The van der Waals surface area contributed by atoms with Crippen LogP contribution in [0.15, 0.2) is 53.7 Å². The highest BCUT2D eigenvalue weighted by Crippen LogP contribution is 2.20. The van der Waals surface area contributed by atoms with Crippen molar-refractivity contribution in [3.05, 3.63) is 59.3 Å². The Balaban J connectivity index is 1.96. The molecule has 6 heteroatoms. The zero-order chi connectivity index (χ0) is 19.4. The number of anilines is 2. The van der Waals surface area contributed by atoms with E-state index in [-0.39, 0.29) is 5.56 Å². The van der Waals surface area contributed by atoms with Gasteiger partial charge in [0.2, 0.25) is 0 Å². The molecule has 3 rings (SSSR count). The van der Waals surface area contributed by atoms with E-state index in [0.29, 0.717) is 17.4 Å². The van der Waals surface area contributed by atoms with Crippen molar-refractivity contribution in [1.82, 2.24) is 14.7 Å². The maximum absolute atomic E-state index is 12.7. The van der Waals surface area contributed by atoms with Crippen LogP contribution in [0.4, 0.5) is 11.5 Å². The van der Waals surface area contributed by atoms with Crippen LogP contribution in [-0.4, -0.2) is 35.6 Å². The van der Waals surface area contributed by atoms with E-state index in [9.17, 15) is 4.79 Å². The van der Waals surface area contributed by atoms with Gasteiger partial charge in [-0.3, -0.25) is 9.20 Å². The molecule has 1 aliphatic heterocycles. The molecular weight excluding hydrogens is 338 g/mol. The first kappa shape index (κ1) is 19.2. The molecule has 0 amide bonds. The molecule has 0 bridgehead atoms. The number of nitrogens with one attached hydrogen (secondary N) is 1. The summed E-state index contributed by atoms with van der Waals surface area (Å²) in [4.78, 5) is 21.5. The normalized spacial score (nSPS) is 16.4. The smallest absolute Gasteiger partial charge is 0.260 e. The number of hydrogen-bond donors (Lipinski definition) is 1. The molecule has 6 nitrogen and oxygen atoms in total. The Kier molecular flexibility index (Phi) is 5.96. The van der Waals surface area contributed by atoms with E-state index in [4.69, 9.17) is 0 Å². The molecule has 144 valence electrons. The summed E-state index contributed by atoms with van der Waals surface area (Å²) in [6, 6.07) is 5.51. The fourth-order valence-electron chi connectivity index (χ4n) is 3.20. The molecule has 1 saturated heterocycles. The lowest BCUT2D eigenvalue weighted by atomic mass is 10.0. The van der Waals surface area contributed by atoms with Crippen LogP contribution in [0, 0.1) is 5.92 Å². The Hall–Kier alpha value is -2.60. The molecule has 1 unspecified atom stereocenters. The molecule has 0 aromatic carbocycles. The topological polar surface area (TPSA) is 52.9 Å². The molecule has 0 saturated carbocycles. The summed E-state index contributed by atoms with van der Waals surface area (Å²) in [5, 5.41) is 3.34. The highest BCUT2D eigenvalue weighted by Gasteiger charge is 2.13. The molecule has 0 radical (unpaired) electrons. The molecule has 3 heterocycles. The third-order valence-corrected chi connectivity index (χ3v) is 5.31. The van der Waals surface area contributed by atoms with Crippen LogP contribution in [0.5, 0.6) is 0 Å². The van der Waals surface area contributed by atoms with E-state index < -0.39 is 0 Å². The third-order valence-electron chi connectivity index (χ3n) is 5.31. The van der Waals surface area contributed by atoms with Gasteiger partial charge in [0.15, 0.2) is 0 Å². The zero-order valence-corrected chi connectivity index (χ0v) is 16.5. The number of nitrogens with zero attached hydrogens (tertiary/aromatic N) is 4. The SMILES string of the molecule is C=CN(/C=C(/C)C(C)CC)c1cc(=O)n2cc(N3CCNCC3)ccc2n1. The molecule has 1 aliphatic rings. The Morgan fingerprint density at radius 1 is 1.41 bits per heavy atom. The number of fused-ring (bicyclic) bond motifs is 1. The van der Waals surface area contributed by atoms with E-state index in [1.807, 2.05) is 29.4 Å². The van der Waals surface area contributed by atoms with E-state index >= 15 is 0 Å². The lowest BCUT2D eigenvalue weighted by molar-refractivity contribution is 0.588. The quantitative estimate of drug-likeness (QED) is 0.851. The molecule has 0 spiro atoms. The van der Waals surface area contributed by atoms with Crippen molar-refractivity contribution in [3.63, 3.8) is 0 Å². The molecule has 27 heavy (non-hydrogen) atoms. The number of allylic oxidation sites excluding steroid dienone is 1. The molecular formula is C21H29N5O. The van der Waals surface area contributed by atoms with Gasteiger partial charge in [0, 0.05) is 50.8 Å². The van der Waals surface area contributed by atoms with Gasteiger partial charge in [-0.2, -0.15) is 0 Å². The number of pyridine rings is 1. The predicted molar refractivity (Wildman–Crippen MR) is 112 cm³/mol. The van der Waals surface area contributed by atoms with E-state index in [2.05, 4.69) is 42.6 Å². The van der Waals surface area contributed by atoms with Crippen LogP contribution in [0.1, 0.15) is 27.2 Å². The molecule has 1 atom stereocenters. The van der Waals surface area contributed by atoms with Crippen LogP contribution in [0.25, 0.3) is 5.65 Å². The fraction of sp³-hybridized carbons (Fsp3) is 0.429. The molecule has 0 aliphatic carbocycles. The van der Waals surface area contributed by atoms with Gasteiger partial charge >= 0.3 is 0 Å². The molecule has 1 fully saturated rings. The molecule has 1 N–H and O–H groups in total. The summed E-state index contributed by atoms with van der Waals surface area (Å²) in [6.07, 6.45) is 6.65. The summed E-state index contributed by atoms with van der Waals surface area (Å²) in [5.74, 6) is 1.06. The first-order valence-corrected chi connectivity index (χ1v) is 9.61. The monoisotopic (exact) mass is 367 g/mol. The third kappa shape index (κ3) is 4.22. The minimum absolute atomic E-state index is 0.0894. The van der Waals surface area contributed by atoms with Crippen LogP contribution in [-0.2, 0) is 0 Å². The van der Waals surface area contributed by atoms with Crippen molar-refractivity contribution in [2.75, 3.05) is 36.0 Å². The summed E-state index contributed by atoms with van der Waals surface area (Å²) in [7, 11) is 0. The standard InChI is InChI=1S/C21H29N5O/c1-5-16(3)17(4)14-24(6-2)20-13-21(27)26-15-18(7-8-19(26)23-20)25-11-9-22-10-12-25/h6-8,13-16,22H,2,5,9-12H2,1,3-4H3/b17-14-. The van der Waals surface area contributed by atoms with Crippen molar-refractivity contribution >= 4 is 17.2 Å². The summed E-state index contributed by atoms with van der Waals surface area (Å²) in [5.41, 5.74) is 2.83. The van der Waals surface area contributed by atoms with Crippen LogP contribution in [0.3, 0.4) is 0 Å². The van der Waals surface area contributed by atoms with Gasteiger partial charge < -0.3 is 15.1 Å². The molecule has 2 aromatic heterocycles.